The molecule has 0 saturated heterocycles. The van der Waals surface area contributed by atoms with E-state index in [4.69, 9.17) is 0 Å². The quantitative estimate of drug-likeness (QED) is 0.231. The Morgan fingerprint density at radius 1 is 0.614 bits per heavy atom. The Hall–Kier alpha value is -5.96. The molecule has 44 heavy (non-hydrogen) atoms. The molecule has 1 atom stereocenters. The van der Waals surface area contributed by atoms with E-state index in [1.807, 2.05) is 103 Å². The van der Waals surface area contributed by atoms with Crippen LogP contribution in [0.1, 0.15) is 27.7 Å². The Morgan fingerprint density at radius 3 is 2.14 bits per heavy atom. The number of nitriles is 1. The van der Waals surface area contributed by atoms with Gasteiger partial charge in [-0.25, -0.2) is 0 Å². The summed E-state index contributed by atoms with van der Waals surface area (Å²) in [6.45, 7) is 0. The fourth-order valence-corrected chi connectivity index (χ4v) is 6.47. The fraction of sp³-hybridized carbons (Fsp3) is 0.0256. The molecule has 208 valence electrons. The third-order valence-corrected chi connectivity index (χ3v) is 8.50. The maximum atomic E-state index is 14.3. The number of aromatic nitrogens is 1. The first kappa shape index (κ1) is 25.7. The predicted molar refractivity (Wildman–Crippen MR) is 175 cm³/mol. The van der Waals surface area contributed by atoms with Gasteiger partial charge in [0.15, 0.2) is 6.23 Å². The minimum absolute atomic E-state index is 0.246. The van der Waals surface area contributed by atoms with Gasteiger partial charge >= 0.3 is 0 Å². The van der Waals surface area contributed by atoms with E-state index >= 15 is 0 Å². The van der Waals surface area contributed by atoms with Crippen molar-refractivity contribution in [3.8, 4) is 34.0 Å². The number of hydrogen-bond acceptors (Lipinski definition) is 3. The zero-order valence-corrected chi connectivity index (χ0v) is 23.6. The van der Waals surface area contributed by atoms with Crippen molar-refractivity contribution in [1.82, 2.24) is 4.57 Å². The van der Waals surface area contributed by atoms with E-state index in [1.165, 1.54) is 4.90 Å². The summed E-state index contributed by atoms with van der Waals surface area (Å²) in [7, 11) is 0. The highest BCUT2D eigenvalue weighted by Gasteiger charge is 2.39. The lowest BCUT2D eigenvalue weighted by Gasteiger charge is -2.21. The molecule has 0 bridgehead atoms. The Labute approximate surface area is 254 Å². The zero-order chi connectivity index (χ0) is 29.8. The van der Waals surface area contributed by atoms with Crippen LogP contribution in [0, 0.1) is 11.3 Å². The number of para-hydroxylation sites is 1. The highest BCUT2D eigenvalue weighted by atomic mass is 16.3. The number of carbonyl (C=O) groups is 1. The monoisotopic (exact) mass is 567 g/mol. The molecule has 8 rings (SSSR count). The number of rotatable bonds is 4. The van der Waals surface area contributed by atoms with Crippen molar-refractivity contribution in [3.05, 3.63) is 156 Å². The molecule has 0 fully saturated rings. The molecule has 6 aromatic carbocycles. The van der Waals surface area contributed by atoms with Gasteiger partial charge < -0.3 is 9.67 Å². The van der Waals surface area contributed by atoms with Crippen molar-refractivity contribution < 1.29 is 9.90 Å². The molecule has 7 aromatic rings. The molecule has 0 aliphatic carbocycles. The van der Waals surface area contributed by atoms with Crippen LogP contribution in [-0.4, -0.2) is 15.6 Å². The Bertz CT molecular complexity index is 2300. The number of amides is 1. The zero-order valence-electron chi connectivity index (χ0n) is 23.6. The van der Waals surface area contributed by atoms with Gasteiger partial charge in [0.1, 0.15) is 0 Å². The van der Waals surface area contributed by atoms with Crippen LogP contribution < -0.4 is 4.90 Å². The summed E-state index contributed by atoms with van der Waals surface area (Å²) >= 11 is 0. The summed E-state index contributed by atoms with van der Waals surface area (Å²) in [5.41, 5.74) is 8.93. The van der Waals surface area contributed by atoms with Crippen LogP contribution in [0.4, 0.5) is 5.69 Å². The molecule has 5 heteroatoms. The lowest BCUT2D eigenvalue weighted by Crippen LogP contribution is -2.27. The van der Waals surface area contributed by atoms with Gasteiger partial charge in [0.2, 0.25) is 0 Å². The molecule has 1 aliphatic rings. The largest absolute Gasteiger partial charge is 0.369 e. The average molecular weight is 568 g/mol. The van der Waals surface area contributed by atoms with E-state index in [-0.39, 0.29) is 5.91 Å². The normalized spacial score (nSPS) is 14.2. The third-order valence-electron chi connectivity index (χ3n) is 8.50. The smallest absolute Gasteiger partial charge is 0.263 e. The standard InChI is InChI=1S/C39H25N3O2/c40-24-25-9-6-12-27(21-25)29-19-20-35-33(23-29)31-15-4-5-17-34(31)42(35)36-18-8-16-32-37(36)39(44)41(38(32)43)30-14-7-13-28(22-30)26-10-2-1-3-11-26/h1-23,38,43H. The van der Waals surface area contributed by atoms with E-state index in [0.29, 0.717) is 22.4 Å². The fourth-order valence-electron chi connectivity index (χ4n) is 6.47. The van der Waals surface area contributed by atoms with Crippen LogP contribution in [0.25, 0.3) is 49.7 Å². The molecular formula is C39H25N3O2. The number of fused-ring (bicyclic) bond motifs is 4. The molecular weight excluding hydrogens is 542 g/mol. The molecule has 1 amide bonds. The van der Waals surface area contributed by atoms with Crippen LogP contribution in [0.3, 0.4) is 0 Å². The number of nitrogens with zero attached hydrogens (tertiary/aromatic N) is 3. The minimum atomic E-state index is -1.12. The second-order valence-electron chi connectivity index (χ2n) is 11.0. The van der Waals surface area contributed by atoms with E-state index < -0.39 is 6.23 Å². The van der Waals surface area contributed by atoms with Crippen molar-refractivity contribution in [2.75, 3.05) is 4.90 Å². The van der Waals surface area contributed by atoms with Crippen LogP contribution in [0.2, 0.25) is 0 Å². The molecule has 2 heterocycles. The molecule has 5 nitrogen and oxygen atoms in total. The van der Waals surface area contributed by atoms with E-state index in [2.05, 4.69) is 41.0 Å². The summed E-state index contributed by atoms with van der Waals surface area (Å²) in [4.78, 5) is 15.8. The van der Waals surface area contributed by atoms with Gasteiger partial charge in [0.05, 0.1) is 33.9 Å². The Balaban J connectivity index is 1.29. The molecule has 1 aromatic heterocycles. The Morgan fingerprint density at radius 2 is 1.30 bits per heavy atom. The first-order valence-corrected chi connectivity index (χ1v) is 14.5. The number of benzene rings is 6. The first-order valence-electron chi connectivity index (χ1n) is 14.5. The van der Waals surface area contributed by atoms with Gasteiger partial charge in [0, 0.05) is 22.0 Å². The summed E-state index contributed by atoms with van der Waals surface area (Å²) in [6, 6.07) is 47.7. The maximum absolute atomic E-state index is 14.3. The summed E-state index contributed by atoms with van der Waals surface area (Å²) < 4.78 is 2.12. The predicted octanol–water partition coefficient (Wildman–Crippen LogP) is 8.64. The Kier molecular flexibility index (Phi) is 5.90. The molecule has 1 aliphatic heterocycles. The SMILES string of the molecule is N#Cc1cccc(-c2ccc3c(c2)c2ccccc2n3-c2cccc3c2C(=O)N(c2cccc(-c4ccccc4)c2)C3O)c1. The summed E-state index contributed by atoms with van der Waals surface area (Å²) in [5, 5.41) is 23.1. The highest BCUT2D eigenvalue weighted by molar-refractivity contribution is 6.16. The lowest BCUT2D eigenvalue weighted by molar-refractivity contribution is 0.0935. The molecule has 0 saturated carbocycles. The number of aliphatic hydroxyl groups excluding tert-OH is 1. The van der Waals surface area contributed by atoms with Crippen LogP contribution in [0.5, 0.6) is 0 Å². The lowest BCUT2D eigenvalue weighted by atomic mass is 10.0. The second kappa shape index (κ2) is 10.1. The number of hydrogen-bond donors (Lipinski definition) is 1. The second-order valence-corrected chi connectivity index (χ2v) is 11.0. The van der Waals surface area contributed by atoms with Gasteiger partial charge in [-0.05, 0) is 70.8 Å². The van der Waals surface area contributed by atoms with Crippen molar-refractivity contribution >= 4 is 33.4 Å². The minimum Gasteiger partial charge on any atom is -0.369 e. The van der Waals surface area contributed by atoms with E-state index in [0.717, 1.165) is 49.7 Å². The van der Waals surface area contributed by atoms with Gasteiger partial charge in [0.25, 0.3) is 5.91 Å². The average Bonchev–Trinajstić information content (AvgIpc) is 3.55. The highest BCUT2D eigenvalue weighted by Crippen LogP contribution is 2.42. The number of carbonyl (C=O) groups excluding carboxylic acids is 1. The van der Waals surface area contributed by atoms with Crippen molar-refractivity contribution in [1.29, 1.82) is 5.26 Å². The van der Waals surface area contributed by atoms with Crippen molar-refractivity contribution in [2.24, 2.45) is 0 Å². The molecule has 1 unspecified atom stereocenters. The van der Waals surface area contributed by atoms with E-state index in [1.54, 1.807) is 6.07 Å². The van der Waals surface area contributed by atoms with Crippen LogP contribution in [0.15, 0.2) is 140 Å². The maximum Gasteiger partial charge on any atom is 0.263 e. The summed E-state index contributed by atoms with van der Waals surface area (Å²) in [6.07, 6.45) is -1.12. The topological polar surface area (TPSA) is 69.3 Å². The first-order chi connectivity index (χ1) is 21.6. The van der Waals surface area contributed by atoms with Gasteiger partial charge in [-0.3, -0.25) is 9.69 Å². The van der Waals surface area contributed by atoms with Crippen LogP contribution in [-0.2, 0) is 0 Å². The van der Waals surface area contributed by atoms with E-state index in [9.17, 15) is 15.2 Å². The van der Waals surface area contributed by atoms with Gasteiger partial charge in [-0.15, -0.1) is 0 Å². The van der Waals surface area contributed by atoms with Gasteiger partial charge in [-0.2, -0.15) is 5.26 Å². The molecule has 0 radical (unpaired) electrons. The van der Waals surface area contributed by atoms with Crippen molar-refractivity contribution in [3.63, 3.8) is 0 Å². The molecule has 1 N–H and O–H groups in total. The third kappa shape index (κ3) is 3.94. The number of aliphatic hydroxyl groups is 1. The van der Waals surface area contributed by atoms with Gasteiger partial charge in [-0.1, -0.05) is 91.0 Å². The molecule has 0 spiro atoms. The number of anilines is 1. The van der Waals surface area contributed by atoms with Crippen LogP contribution >= 0.6 is 0 Å². The summed E-state index contributed by atoms with van der Waals surface area (Å²) in [5.74, 6) is -0.246. The van der Waals surface area contributed by atoms with Crippen molar-refractivity contribution in [2.45, 2.75) is 6.23 Å².